The normalized spacial score (nSPS) is 12.3. The van der Waals surface area contributed by atoms with E-state index in [1.807, 2.05) is 22.6 Å². The third-order valence-electron chi connectivity index (χ3n) is 2.74. The largest absolute Gasteiger partial charge is 0.377 e. The van der Waals surface area contributed by atoms with Crippen molar-refractivity contribution in [1.29, 1.82) is 0 Å². The van der Waals surface area contributed by atoms with Crippen molar-refractivity contribution in [3.8, 4) is 0 Å². The third-order valence-corrected chi connectivity index (χ3v) is 3.63. The van der Waals surface area contributed by atoms with E-state index in [1.165, 1.54) is 30.3 Å². The van der Waals surface area contributed by atoms with E-state index in [1.54, 1.807) is 13.0 Å². The van der Waals surface area contributed by atoms with Gasteiger partial charge in [-0.15, -0.1) is 0 Å². The average molecular weight is 377 g/mol. The number of halogens is 4. The van der Waals surface area contributed by atoms with Crippen LogP contribution in [0.4, 0.5) is 18.9 Å². The summed E-state index contributed by atoms with van der Waals surface area (Å²) in [5.74, 6) is -1.55. The first kappa shape index (κ1) is 14.2. The summed E-state index contributed by atoms with van der Waals surface area (Å²) >= 11 is 1.97. The highest BCUT2D eigenvalue weighted by Crippen LogP contribution is 2.27. The molecule has 0 heterocycles. The molecule has 0 aliphatic carbocycles. The standard InChI is InChI=1S/C14H11F3IN/c1-8(14-10(16)3-2-4-11(14)17)19-13-6-5-9(15)7-12(13)18/h2-8,19H,1H3. The minimum absolute atomic E-state index is 0.0253. The third kappa shape index (κ3) is 3.20. The van der Waals surface area contributed by atoms with Crippen molar-refractivity contribution in [2.75, 3.05) is 5.32 Å². The summed E-state index contributed by atoms with van der Waals surface area (Å²) in [5, 5.41) is 2.98. The molecule has 1 nitrogen and oxygen atoms in total. The summed E-state index contributed by atoms with van der Waals surface area (Å²) in [6, 6.07) is 7.40. The van der Waals surface area contributed by atoms with Crippen molar-refractivity contribution >= 4 is 28.3 Å². The van der Waals surface area contributed by atoms with E-state index >= 15 is 0 Å². The van der Waals surface area contributed by atoms with Crippen LogP contribution in [0.1, 0.15) is 18.5 Å². The van der Waals surface area contributed by atoms with E-state index in [4.69, 9.17) is 0 Å². The molecular weight excluding hydrogens is 366 g/mol. The first-order valence-corrected chi connectivity index (χ1v) is 6.72. The van der Waals surface area contributed by atoms with Gasteiger partial charge in [0.25, 0.3) is 0 Å². The molecule has 0 fully saturated rings. The SMILES string of the molecule is CC(Nc1ccc(F)cc1I)c1c(F)cccc1F. The maximum atomic E-state index is 13.6. The Hall–Kier alpha value is -1.24. The maximum Gasteiger partial charge on any atom is 0.131 e. The molecule has 0 spiro atoms. The number of nitrogens with one attached hydrogen (secondary N) is 1. The molecule has 2 rings (SSSR count). The summed E-state index contributed by atoms with van der Waals surface area (Å²) < 4.78 is 40.9. The molecule has 2 aromatic carbocycles. The number of rotatable bonds is 3. The van der Waals surface area contributed by atoms with Crippen molar-refractivity contribution in [1.82, 2.24) is 0 Å². The van der Waals surface area contributed by atoms with E-state index in [9.17, 15) is 13.2 Å². The fraction of sp³-hybridized carbons (Fsp3) is 0.143. The van der Waals surface area contributed by atoms with Crippen LogP contribution < -0.4 is 5.32 Å². The summed E-state index contributed by atoms with van der Waals surface area (Å²) in [6.45, 7) is 1.65. The van der Waals surface area contributed by atoms with Gasteiger partial charge in [-0.2, -0.15) is 0 Å². The summed E-state index contributed by atoms with van der Waals surface area (Å²) in [5.41, 5.74) is 0.611. The first-order valence-electron chi connectivity index (χ1n) is 5.64. The Bertz CT molecular complexity index is 581. The molecule has 1 atom stereocenters. The van der Waals surface area contributed by atoms with E-state index in [-0.39, 0.29) is 11.4 Å². The highest BCUT2D eigenvalue weighted by atomic mass is 127. The fourth-order valence-corrected chi connectivity index (χ4v) is 2.47. The number of hydrogen-bond acceptors (Lipinski definition) is 1. The minimum Gasteiger partial charge on any atom is -0.377 e. The second-order valence-electron chi connectivity index (χ2n) is 4.13. The zero-order valence-electron chi connectivity index (χ0n) is 10.1. The van der Waals surface area contributed by atoms with Crippen molar-refractivity contribution in [3.63, 3.8) is 0 Å². The Morgan fingerprint density at radius 2 is 1.68 bits per heavy atom. The van der Waals surface area contributed by atoms with Gasteiger partial charge in [0.1, 0.15) is 17.5 Å². The van der Waals surface area contributed by atoms with Crippen molar-refractivity contribution in [3.05, 3.63) is 63.0 Å². The molecule has 2 aromatic rings. The van der Waals surface area contributed by atoms with Crippen molar-refractivity contribution < 1.29 is 13.2 Å². The molecule has 0 bridgehead atoms. The van der Waals surface area contributed by atoms with Crippen LogP contribution in [-0.4, -0.2) is 0 Å². The quantitative estimate of drug-likeness (QED) is 0.752. The Morgan fingerprint density at radius 1 is 1.05 bits per heavy atom. The lowest BCUT2D eigenvalue weighted by Gasteiger charge is -2.18. The number of benzene rings is 2. The minimum atomic E-state index is -0.600. The van der Waals surface area contributed by atoms with E-state index in [2.05, 4.69) is 5.32 Å². The molecule has 1 N–H and O–H groups in total. The van der Waals surface area contributed by atoms with Gasteiger partial charge in [0.2, 0.25) is 0 Å². The summed E-state index contributed by atoms with van der Waals surface area (Å²) in [6.07, 6.45) is 0. The molecule has 0 saturated carbocycles. The van der Waals surface area contributed by atoms with Gasteiger partial charge in [0.15, 0.2) is 0 Å². The molecule has 0 saturated heterocycles. The van der Waals surface area contributed by atoms with Gasteiger partial charge in [0.05, 0.1) is 6.04 Å². The van der Waals surface area contributed by atoms with Gasteiger partial charge >= 0.3 is 0 Å². The summed E-state index contributed by atoms with van der Waals surface area (Å²) in [4.78, 5) is 0. The van der Waals surface area contributed by atoms with E-state index in [0.717, 1.165) is 0 Å². The monoisotopic (exact) mass is 377 g/mol. The first-order chi connectivity index (χ1) is 8.99. The Kier molecular flexibility index (Phi) is 4.34. The summed E-state index contributed by atoms with van der Waals surface area (Å²) in [7, 11) is 0. The Balaban J connectivity index is 2.28. The maximum absolute atomic E-state index is 13.6. The molecule has 0 aromatic heterocycles. The molecule has 1 unspecified atom stereocenters. The highest BCUT2D eigenvalue weighted by molar-refractivity contribution is 14.1. The van der Waals surface area contributed by atoms with Crippen LogP contribution >= 0.6 is 22.6 Å². The van der Waals surface area contributed by atoms with Crippen molar-refractivity contribution in [2.24, 2.45) is 0 Å². The van der Waals surface area contributed by atoms with Crippen LogP contribution in [0.25, 0.3) is 0 Å². The average Bonchev–Trinajstić information content (AvgIpc) is 2.32. The Morgan fingerprint density at radius 3 is 2.26 bits per heavy atom. The molecule has 0 amide bonds. The molecule has 100 valence electrons. The smallest absolute Gasteiger partial charge is 0.131 e. The van der Waals surface area contributed by atoms with Gasteiger partial charge in [-0.3, -0.25) is 0 Å². The lowest BCUT2D eigenvalue weighted by atomic mass is 10.1. The van der Waals surface area contributed by atoms with Gasteiger partial charge in [0, 0.05) is 14.8 Å². The number of hydrogen-bond donors (Lipinski definition) is 1. The molecule has 19 heavy (non-hydrogen) atoms. The predicted octanol–water partition coefficient (Wildman–Crippen LogP) is 4.88. The molecule has 5 heteroatoms. The lowest BCUT2D eigenvalue weighted by molar-refractivity contribution is 0.544. The zero-order chi connectivity index (χ0) is 14.0. The molecule has 0 radical (unpaired) electrons. The second-order valence-corrected chi connectivity index (χ2v) is 5.29. The molecule has 0 aliphatic heterocycles. The van der Waals surface area contributed by atoms with Gasteiger partial charge < -0.3 is 5.32 Å². The van der Waals surface area contributed by atoms with Crippen LogP contribution in [0.2, 0.25) is 0 Å². The van der Waals surface area contributed by atoms with Gasteiger partial charge in [-0.1, -0.05) is 6.07 Å². The van der Waals surface area contributed by atoms with Gasteiger partial charge in [-0.05, 0) is 59.8 Å². The van der Waals surface area contributed by atoms with Crippen molar-refractivity contribution in [2.45, 2.75) is 13.0 Å². The van der Waals surface area contributed by atoms with Crippen LogP contribution in [0.3, 0.4) is 0 Å². The van der Waals surface area contributed by atoms with E-state index < -0.39 is 17.7 Å². The second kappa shape index (κ2) is 5.81. The molecular formula is C14H11F3IN. The topological polar surface area (TPSA) is 12.0 Å². The fourth-order valence-electron chi connectivity index (χ4n) is 1.84. The predicted molar refractivity (Wildman–Crippen MR) is 77.5 cm³/mol. The lowest BCUT2D eigenvalue weighted by Crippen LogP contribution is -2.11. The highest BCUT2D eigenvalue weighted by Gasteiger charge is 2.16. The zero-order valence-corrected chi connectivity index (χ0v) is 12.2. The van der Waals surface area contributed by atoms with Crippen LogP contribution in [0.15, 0.2) is 36.4 Å². The van der Waals surface area contributed by atoms with E-state index in [0.29, 0.717) is 9.26 Å². The van der Waals surface area contributed by atoms with Crippen LogP contribution in [0.5, 0.6) is 0 Å². The van der Waals surface area contributed by atoms with Gasteiger partial charge in [-0.25, -0.2) is 13.2 Å². The molecule has 0 aliphatic rings. The Labute approximate surface area is 123 Å². The van der Waals surface area contributed by atoms with Crippen LogP contribution in [-0.2, 0) is 0 Å². The van der Waals surface area contributed by atoms with Crippen LogP contribution in [0, 0.1) is 21.0 Å². The number of anilines is 1.